The normalized spacial score (nSPS) is 12.3. The van der Waals surface area contributed by atoms with Crippen molar-refractivity contribution in [3.63, 3.8) is 0 Å². The maximum Gasteiger partial charge on any atom is 0.254 e. The molecule has 0 aromatic heterocycles. The number of nitrogens with one attached hydrogen (secondary N) is 1. The molecule has 0 aliphatic carbocycles. The van der Waals surface area contributed by atoms with Crippen LogP contribution in [0.4, 0.5) is 8.78 Å². The molecule has 1 aromatic rings. The molecule has 1 rings (SSSR count). The molecule has 0 aliphatic rings. The van der Waals surface area contributed by atoms with Gasteiger partial charge in [0.25, 0.3) is 5.91 Å². The number of thioether (sulfide) groups is 1. The van der Waals surface area contributed by atoms with Gasteiger partial charge in [-0.2, -0.15) is 11.8 Å². The Balaban J connectivity index is 2.84. The monoisotopic (exact) mass is 289 g/mol. The second-order valence-corrected chi connectivity index (χ2v) is 5.13. The SMILES string of the molecule is CSCC(CCO)NC(=O)c1cc(F)c(C)cc1F. The van der Waals surface area contributed by atoms with Crippen LogP contribution in [0.5, 0.6) is 0 Å². The number of hydrogen-bond donors (Lipinski definition) is 2. The summed E-state index contributed by atoms with van der Waals surface area (Å²) in [5.74, 6) is -1.43. The van der Waals surface area contributed by atoms with Crippen molar-refractivity contribution in [2.24, 2.45) is 0 Å². The van der Waals surface area contributed by atoms with E-state index >= 15 is 0 Å². The minimum atomic E-state index is -0.747. The summed E-state index contributed by atoms with van der Waals surface area (Å²) < 4.78 is 27.0. The molecule has 0 radical (unpaired) electrons. The number of aliphatic hydroxyl groups excluding tert-OH is 1. The fourth-order valence-electron chi connectivity index (χ4n) is 1.64. The first kappa shape index (κ1) is 15.9. The van der Waals surface area contributed by atoms with E-state index in [0.29, 0.717) is 12.2 Å². The van der Waals surface area contributed by atoms with E-state index in [0.717, 1.165) is 12.1 Å². The number of carbonyl (C=O) groups is 1. The van der Waals surface area contributed by atoms with Gasteiger partial charge in [-0.05, 0) is 37.3 Å². The highest BCUT2D eigenvalue weighted by Crippen LogP contribution is 2.14. The summed E-state index contributed by atoms with van der Waals surface area (Å²) in [6, 6.07) is 1.63. The number of hydrogen-bond acceptors (Lipinski definition) is 3. The molecule has 0 heterocycles. The molecule has 1 amide bonds. The van der Waals surface area contributed by atoms with E-state index in [4.69, 9.17) is 5.11 Å². The number of rotatable bonds is 6. The molecule has 0 saturated carbocycles. The van der Waals surface area contributed by atoms with Crippen LogP contribution in [-0.4, -0.2) is 35.7 Å². The third-order valence-corrected chi connectivity index (χ3v) is 3.41. The van der Waals surface area contributed by atoms with Crippen molar-refractivity contribution >= 4 is 17.7 Å². The van der Waals surface area contributed by atoms with E-state index in [1.165, 1.54) is 18.7 Å². The number of halogens is 2. The lowest BCUT2D eigenvalue weighted by Gasteiger charge is -2.17. The predicted octanol–water partition coefficient (Wildman–Crippen LogP) is 2.12. The molecule has 106 valence electrons. The fraction of sp³-hybridized carbons (Fsp3) is 0.462. The van der Waals surface area contributed by atoms with Gasteiger partial charge in [0, 0.05) is 18.4 Å². The maximum atomic E-state index is 13.6. The standard InChI is InChI=1S/C13H17F2NO2S/c1-8-5-12(15)10(6-11(8)14)13(18)16-9(3-4-17)7-19-2/h5-6,9,17H,3-4,7H2,1-2H3,(H,16,18). The molecule has 1 aromatic carbocycles. The van der Waals surface area contributed by atoms with Crippen LogP contribution < -0.4 is 5.32 Å². The van der Waals surface area contributed by atoms with Gasteiger partial charge in [0.15, 0.2) is 0 Å². The van der Waals surface area contributed by atoms with E-state index in [9.17, 15) is 13.6 Å². The van der Waals surface area contributed by atoms with Gasteiger partial charge in [0.05, 0.1) is 5.56 Å². The molecule has 0 spiro atoms. The average Bonchev–Trinajstić information content (AvgIpc) is 2.34. The molecule has 0 fully saturated rings. The summed E-state index contributed by atoms with van der Waals surface area (Å²) in [5, 5.41) is 11.5. The van der Waals surface area contributed by atoms with Crippen LogP contribution in [0.15, 0.2) is 12.1 Å². The molecular weight excluding hydrogens is 272 g/mol. The van der Waals surface area contributed by atoms with Crippen molar-refractivity contribution in [3.05, 3.63) is 34.9 Å². The first-order valence-electron chi connectivity index (χ1n) is 5.86. The first-order chi connectivity index (χ1) is 8.99. The van der Waals surface area contributed by atoms with E-state index in [-0.39, 0.29) is 23.8 Å². The van der Waals surface area contributed by atoms with Crippen LogP contribution >= 0.6 is 11.8 Å². The maximum absolute atomic E-state index is 13.6. The van der Waals surface area contributed by atoms with Crippen molar-refractivity contribution in [2.75, 3.05) is 18.6 Å². The highest BCUT2D eigenvalue weighted by atomic mass is 32.2. The Morgan fingerprint density at radius 2 is 2.11 bits per heavy atom. The Morgan fingerprint density at radius 1 is 1.42 bits per heavy atom. The van der Waals surface area contributed by atoms with Crippen molar-refractivity contribution in [2.45, 2.75) is 19.4 Å². The zero-order chi connectivity index (χ0) is 14.4. The minimum Gasteiger partial charge on any atom is -0.396 e. The summed E-state index contributed by atoms with van der Waals surface area (Å²) in [6.45, 7) is 1.36. The zero-order valence-corrected chi connectivity index (χ0v) is 11.7. The highest BCUT2D eigenvalue weighted by Gasteiger charge is 2.18. The van der Waals surface area contributed by atoms with Gasteiger partial charge in [-0.25, -0.2) is 8.78 Å². The van der Waals surface area contributed by atoms with Gasteiger partial charge in [-0.1, -0.05) is 0 Å². The van der Waals surface area contributed by atoms with Gasteiger partial charge in [-0.3, -0.25) is 4.79 Å². The van der Waals surface area contributed by atoms with E-state index < -0.39 is 17.5 Å². The summed E-state index contributed by atoms with van der Waals surface area (Å²) >= 11 is 1.50. The lowest BCUT2D eigenvalue weighted by atomic mass is 10.1. The van der Waals surface area contributed by atoms with Crippen LogP contribution in [0.1, 0.15) is 22.3 Å². The zero-order valence-electron chi connectivity index (χ0n) is 10.9. The van der Waals surface area contributed by atoms with Gasteiger partial charge >= 0.3 is 0 Å². The van der Waals surface area contributed by atoms with Crippen molar-refractivity contribution < 1.29 is 18.7 Å². The first-order valence-corrected chi connectivity index (χ1v) is 7.25. The summed E-state index contributed by atoms with van der Waals surface area (Å²) in [4.78, 5) is 11.9. The third-order valence-electron chi connectivity index (χ3n) is 2.67. The van der Waals surface area contributed by atoms with E-state index in [1.807, 2.05) is 6.26 Å². The number of amides is 1. The Morgan fingerprint density at radius 3 is 2.68 bits per heavy atom. The average molecular weight is 289 g/mol. The van der Waals surface area contributed by atoms with Crippen molar-refractivity contribution in [3.8, 4) is 0 Å². The van der Waals surface area contributed by atoms with Gasteiger partial charge in [0.2, 0.25) is 0 Å². The van der Waals surface area contributed by atoms with E-state index in [1.54, 1.807) is 0 Å². The lowest BCUT2D eigenvalue weighted by molar-refractivity contribution is 0.0930. The van der Waals surface area contributed by atoms with Crippen molar-refractivity contribution in [1.29, 1.82) is 0 Å². The Labute approximate surface area is 115 Å². The van der Waals surface area contributed by atoms with Crippen molar-refractivity contribution in [1.82, 2.24) is 5.32 Å². The fourth-order valence-corrected chi connectivity index (χ4v) is 2.29. The number of benzene rings is 1. The Bertz CT molecular complexity index is 449. The van der Waals surface area contributed by atoms with E-state index in [2.05, 4.69) is 5.32 Å². The van der Waals surface area contributed by atoms with Crippen LogP contribution in [0.25, 0.3) is 0 Å². The number of aliphatic hydroxyl groups is 1. The Hall–Kier alpha value is -1.14. The molecule has 0 aliphatic heterocycles. The number of carbonyl (C=O) groups excluding carboxylic acids is 1. The third kappa shape index (κ3) is 4.47. The largest absolute Gasteiger partial charge is 0.396 e. The topological polar surface area (TPSA) is 49.3 Å². The van der Waals surface area contributed by atoms with Crippen LogP contribution in [0, 0.1) is 18.6 Å². The second-order valence-electron chi connectivity index (χ2n) is 4.22. The summed E-state index contributed by atoms with van der Waals surface area (Å²) in [6.07, 6.45) is 2.24. The smallest absolute Gasteiger partial charge is 0.254 e. The summed E-state index contributed by atoms with van der Waals surface area (Å²) in [7, 11) is 0. The molecule has 6 heteroatoms. The number of aryl methyl sites for hydroxylation is 1. The second kappa shape index (κ2) is 7.45. The molecule has 1 unspecified atom stereocenters. The van der Waals surface area contributed by atoms with Gasteiger partial charge in [0.1, 0.15) is 11.6 Å². The molecule has 3 nitrogen and oxygen atoms in total. The van der Waals surface area contributed by atoms with Crippen LogP contribution in [-0.2, 0) is 0 Å². The van der Waals surface area contributed by atoms with Crippen LogP contribution in [0.3, 0.4) is 0 Å². The molecule has 1 atom stereocenters. The minimum absolute atomic E-state index is 0.0732. The quantitative estimate of drug-likeness (QED) is 0.843. The molecule has 19 heavy (non-hydrogen) atoms. The summed E-state index contributed by atoms with van der Waals surface area (Å²) in [5.41, 5.74) is -0.155. The lowest BCUT2D eigenvalue weighted by Crippen LogP contribution is -2.37. The molecule has 2 N–H and O–H groups in total. The molecule has 0 bridgehead atoms. The Kier molecular flexibility index (Phi) is 6.24. The molecular formula is C13H17F2NO2S. The van der Waals surface area contributed by atoms with Gasteiger partial charge < -0.3 is 10.4 Å². The van der Waals surface area contributed by atoms with Gasteiger partial charge in [-0.15, -0.1) is 0 Å². The van der Waals surface area contributed by atoms with Crippen LogP contribution in [0.2, 0.25) is 0 Å². The molecule has 0 saturated heterocycles. The highest BCUT2D eigenvalue weighted by molar-refractivity contribution is 7.98. The predicted molar refractivity (Wildman–Crippen MR) is 72.4 cm³/mol.